The first kappa shape index (κ1) is 14.0. The smallest absolute Gasteiger partial charge is 0.314 e. The van der Waals surface area contributed by atoms with Crippen LogP contribution in [0.3, 0.4) is 0 Å². The molecule has 0 aliphatic rings. The summed E-state index contributed by atoms with van der Waals surface area (Å²) in [6.45, 7) is 3.45. The van der Waals surface area contributed by atoms with Crippen molar-refractivity contribution in [3.63, 3.8) is 0 Å². The average molecular weight is 273 g/mol. The third kappa shape index (κ3) is 2.78. The normalized spacial score (nSPS) is 10.3. The molecule has 0 aromatic heterocycles. The van der Waals surface area contributed by atoms with Gasteiger partial charge >= 0.3 is 5.69 Å². The van der Waals surface area contributed by atoms with Crippen LogP contribution in [0.5, 0.6) is 11.5 Å². The highest BCUT2D eigenvalue weighted by Crippen LogP contribution is 2.35. The first-order valence-electron chi connectivity index (χ1n) is 6.15. The third-order valence-electron chi connectivity index (χ3n) is 3.03. The van der Waals surface area contributed by atoms with Gasteiger partial charge in [0.05, 0.1) is 11.5 Å². The largest absolute Gasteiger partial charge is 0.450 e. The van der Waals surface area contributed by atoms with Crippen LogP contribution in [0.4, 0.5) is 5.69 Å². The minimum Gasteiger partial charge on any atom is -0.450 e. The Bertz CT molecular complexity index is 652. The van der Waals surface area contributed by atoms with Crippen molar-refractivity contribution in [3.05, 3.63) is 63.2 Å². The highest BCUT2D eigenvalue weighted by atomic mass is 16.6. The molecule has 104 valence electrons. The number of aliphatic hydroxyl groups is 1. The lowest BCUT2D eigenvalue weighted by Gasteiger charge is -2.10. The van der Waals surface area contributed by atoms with E-state index in [1.165, 1.54) is 0 Å². The number of nitrogens with zero attached hydrogens (tertiary/aromatic N) is 1. The Morgan fingerprint density at radius 2 is 1.90 bits per heavy atom. The molecule has 0 saturated carbocycles. The molecule has 0 aliphatic carbocycles. The van der Waals surface area contributed by atoms with E-state index >= 15 is 0 Å². The van der Waals surface area contributed by atoms with E-state index in [-0.39, 0.29) is 18.0 Å². The number of nitro benzene ring substituents is 1. The molecule has 0 heterocycles. The molecule has 0 bridgehead atoms. The van der Waals surface area contributed by atoms with Gasteiger partial charge < -0.3 is 9.84 Å². The molecule has 0 unspecified atom stereocenters. The lowest BCUT2D eigenvalue weighted by Crippen LogP contribution is -1.97. The van der Waals surface area contributed by atoms with Crippen LogP contribution in [0.1, 0.15) is 16.7 Å². The molecule has 2 aromatic rings. The van der Waals surface area contributed by atoms with Crippen molar-refractivity contribution in [1.82, 2.24) is 0 Å². The molecule has 5 nitrogen and oxygen atoms in total. The minimum absolute atomic E-state index is 0.0295. The summed E-state index contributed by atoms with van der Waals surface area (Å²) in [5.74, 6) is 0.755. The summed E-state index contributed by atoms with van der Waals surface area (Å²) < 4.78 is 5.66. The van der Waals surface area contributed by atoms with E-state index in [0.717, 1.165) is 11.1 Å². The zero-order chi connectivity index (χ0) is 14.7. The maximum absolute atomic E-state index is 11.1. The van der Waals surface area contributed by atoms with Crippen LogP contribution in [0, 0.1) is 24.0 Å². The number of hydrogen-bond acceptors (Lipinski definition) is 4. The van der Waals surface area contributed by atoms with Gasteiger partial charge in [-0.2, -0.15) is 0 Å². The molecule has 1 N–H and O–H groups in total. The molecule has 0 atom stereocenters. The van der Waals surface area contributed by atoms with Gasteiger partial charge in [0.1, 0.15) is 5.75 Å². The topological polar surface area (TPSA) is 72.6 Å². The molecule has 20 heavy (non-hydrogen) atoms. The maximum atomic E-state index is 11.1. The van der Waals surface area contributed by atoms with Gasteiger partial charge in [0.15, 0.2) is 0 Å². The van der Waals surface area contributed by atoms with Crippen LogP contribution < -0.4 is 4.74 Å². The number of para-hydroxylation sites is 1. The van der Waals surface area contributed by atoms with Gasteiger partial charge in [-0.3, -0.25) is 10.1 Å². The van der Waals surface area contributed by atoms with E-state index in [0.29, 0.717) is 11.3 Å². The molecule has 5 heteroatoms. The van der Waals surface area contributed by atoms with Gasteiger partial charge in [0, 0.05) is 5.56 Å². The number of hydrogen-bond donors (Lipinski definition) is 1. The summed E-state index contributed by atoms with van der Waals surface area (Å²) in [6.07, 6.45) is 0. The fraction of sp³-hybridized carbons (Fsp3) is 0.200. The Hall–Kier alpha value is -2.40. The molecule has 0 saturated heterocycles. The second kappa shape index (κ2) is 5.71. The van der Waals surface area contributed by atoms with Crippen LogP contribution in [0.2, 0.25) is 0 Å². The molecule has 0 radical (unpaired) electrons. The molecule has 0 amide bonds. The quantitative estimate of drug-likeness (QED) is 0.683. The van der Waals surface area contributed by atoms with Crippen LogP contribution in [-0.2, 0) is 6.61 Å². The van der Waals surface area contributed by atoms with Gasteiger partial charge in [-0.15, -0.1) is 0 Å². The van der Waals surface area contributed by atoms with Gasteiger partial charge in [0.2, 0.25) is 5.75 Å². The first-order chi connectivity index (χ1) is 9.52. The zero-order valence-corrected chi connectivity index (χ0v) is 11.3. The van der Waals surface area contributed by atoms with E-state index < -0.39 is 4.92 Å². The number of aryl methyl sites for hydroxylation is 2. The average Bonchev–Trinajstić information content (AvgIpc) is 2.40. The molecule has 2 aromatic carbocycles. The van der Waals surface area contributed by atoms with Crippen molar-refractivity contribution < 1.29 is 14.8 Å². The highest BCUT2D eigenvalue weighted by Gasteiger charge is 2.19. The van der Waals surface area contributed by atoms with Crippen LogP contribution in [-0.4, -0.2) is 10.0 Å². The predicted molar refractivity (Wildman–Crippen MR) is 75.0 cm³/mol. The summed E-state index contributed by atoms with van der Waals surface area (Å²) in [5.41, 5.74) is 2.11. The van der Waals surface area contributed by atoms with Crippen molar-refractivity contribution >= 4 is 5.69 Å². The first-order valence-corrected chi connectivity index (χ1v) is 6.15. The minimum atomic E-state index is -0.442. The van der Waals surface area contributed by atoms with Crippen molar-refractivity contribution in [2.75, 3.05) is 0 Å². The lowest BCUT2D eigenvalue weighted by molar-refractivity contribution is -0.386. The van der Waals surface area contributed by atoms with E-state index in [9.17, 15) is 10.1 Å². The lowest BCUT2D eigenvalue weighted by atomic mass is 10.1. The SMILES string of the molecule is Cc1cc(CO)ccc1Oc1cccc(C)c1[N+](=O)[O-]. The molecule has 0 aliphatic heterocycles. The van der Waals surface area contributed by atoms with Gasteiger partial charge in [0.25, 0.3) is 0 Å². The molecule has 2 rings (SSSR count). The summed E-state index contributed by atoms with van der Waals surface area (Å²) >= 11 is 0. The maximum Gasteiger partial charge on any atom is 0.314 e. The summed E-state index contributed by atoms with van der Waals surface area (Å²) in [6, 6.07) is 10.2. The van der Waals surface area contributed by atoms with Crippen molar-refractivity contribution in [2.24, 2.45) is 0 Å². The van der Waals surface area contributed by atoms with Gasteiger partial charge in [-0.05, 0) is 37.1 Å². The third-order valence-corrected chi connectivity index (χ3v) is 3.03. The van der Waals surface area contributed by atoms with Crippen LogP contribution in [0.25, 0.3) is 0 Å². The summed E-state index contributed by atoms with van der Waals surface area (Å²) in [7, 11) is 0. The van der Waals surface area contributed by atoms with Crippen LogP contribution in [0.15, 0.2) is 36.4 Å². The fourth-order valence-electron chi connectivity index (χ4n) is 1.99. The standard InChI is InChI=1S/C15H15NO4/c1-10-4-3-5-14(15(10)16(18)19)20-13-7-6-12(9-17)8-11(13)2/h3-8,17H,9H2,1-2H3. The number of rotatable bonds is 4. The number of ether oxygens (including phenoxy) is 1. The van der Waals surface area contributed by atoms with Gasteiger partial charge in [-0.1, -0.05) is 24.3 Å². The monoisotopic (exact) mass is 273 g/mol. The molecule has 0 spiro atoms. The summed E-state index contributed by atoms with van der Waals surface area (Å²) in [5, 5.41) is 20.2. The van der Waals surface area contributed by atoms with Gasteiger partial charge in [-0.25, -0.2) is 0 Å². The summed E-state index contributed by atoms with van der Waals surface area (Å²) in [4.78, 5) is 10.7. The van der Waals surface area contributed by atoms with E-state index in [1.54, 1.807) is 43.3 Å². The highest BCUT2D eigenvalue weighted by molar-refractivity contribution is 5.54. The predicted octanol–water partition coefficient (Wildman–Crippen LogP) is 3.50. The Balaban J connectivity index is 2.40. The van der Waals surface area contributed by atoms with Crippen LogP contribution >= 0.6 is 0 Å². The second-order valence-electron chi connectivity index (χ2n) is 4.54. The van der Waals surface area contributed by atoms with E-state index in [2.05, 4.69) is 0 Å². The van der Waals surface area contributed by atoms with E-state index in [1.807, 2.05) is 6.92 Å². The Morgan fingerprint density at radius 3 is 2.50 bits per heavy atom. The van der Waals surface area contributed by atoms with Crippen molar-refractivity contribution in [1.29, 1.82) is 0 Å². The number of aliphatic hydroxyl groups excluding tert-OH is 1. The number of nitro groups is 1. The van der Waals surface area contributed by atoms with E-state index in [4.69, 9.17) is 9.84 Å². The van der Waals surface area contributed by atoms with Crippen molar-refractivity contribution in [3.8, 4) is 11.5 Å². The number of benzene rings is 2. The zero-order valence-electron chi connectivity index (χ0n) is 11.3. The Morgan fingerprint density at radius 1 is 1.15 bits per heavy atom. The fourth-order valence-corrected chi connectivity index (χ4v) is 1.99. The molecular weight excluding hydrogens is 258 g/mol. The Kier molecular flexibility index (Phi) is 4.00. The second-order valence-corrected chi connectivity index (χ2v) is 4.54. The Labute approximate surface area is 116 Å². The van der Waals surface area contributed by atoms with Crippen molar-refractivity contribution in [2.45, 2.75) is 20.5 Å². The molecule has 0 fully saturated rings. The molecular formula is C15H15NO4.